The van der Waals surface area contributed by atoms with Crippen molar-refractivity contribution in [2.75, 3.05) is 47.6 Å². The highest BCUT2D eigenvalue weighted by Crippen LogP contribution is 2.29. The van der Waals surface area contributed by atoms with Crippen LogP contribution in [-0.2, 0) is 17.8 Å². The van der Waals surface area contributed by atoms with Crippen molar-refractivity contribution in [2.24, 2.45) is 0 Å². The number of ether oxygens (including phenoxy) is 4. The van der Waals surface area contributed by atoms with Crippen LogP contribution in [0.3, 0.4) is 0 Å². The number of amides is 1. The van der Waals surface area contributed by atoms with Crippen LogP contribution in [0.15, 0.2) is 36.4 Å². The maximum absolute atomic E-state index is 12.3. The second-order valence-corrected chi connectivity index (χ2v) is 7.33. The van der Waals surface area contributed by atoms with Crippen LogP contribution >= 0.6 is 0 Å². The summed E-state index contributed by atoms with van der Waals surface area (Å²) in [5.41, 5.74) is 1.98. The Morgan fingerprint density at radius 3 is 2.09 bits per heavy atom. The number of hydrogen-bond acceptors (Lipinski definition) is 6. The van der Waals surface area contributed by atoms with Crippen molar-refractivity contribution in [3.05, 3.63) is 47.5 Å². The minimum absolute atomic E-state index is 0.0155. The number of aryl methyl sites for hydroxylation is 1. The van der Waals surface area contributed by atoms with Gasteiger partial charge in [0.05, 0.1) is 21.3 Å². The number of nitrogens with one attached hydrogen (secondary N) is 1. The first-order valence-corrected chi connectivity index (χ1v) is 11.0. The average molecular weight is 445 g/mol. The first-order chi connectivity index (χ1) is 15.5. The second-order valence-electron chi connectivity index (χ2n) is 7.33. The highest BCUT2D eigenvalue weighted by atomic mass is 16.5. The van der Waals surface area contributed by atoms with Gasteiger partial charge in [-0.1, -0.05) is 26.0 Å². The summed E-state index contributed by atoms with van der Waals surface area (Å²) in [6.45, 7) is 8.19. The van der Waals surface area contributed by atoms with E-state index in [2.05, 4.69) is 24.1 Å². The van der Waals surface area contributed by atoms with Gasteiger partial charge in [-0.3, -0.25) is 4.79 Å². The number of hydrogen-bond donors (Lipinski definition) is 1. The summed E-state index contributed by atoms with van der Waals surface area (Å²) >= 11 is 0. The van der Waals surface area contributed by atoms with Crippen LogP contribution in [0.5, 0.6) is 23.0 Å². The standard InChI is InChI=1S/C25H36N2O5/c1-6-27(7-2)14-15-32-22-12-9-20(17-24(22)31-5)18-26-25(28)13-10-19-8-11-21(29-3)23(16-19)30-4/h8-9,11-12,16-17H,6-7,10,13-15,18H2,1-5H3,(H,26,28). The lowest BCUT2D eigenvalue weighted by atomic mass is 10.1. The zero-order valence-corrected chi connectivity index (χ0v) is 19.9. The second kappa shape index (κ2) is 13.5. The van der Waals surface area contributed by atoms with Crippen molar-refractivity contribution in [2.45, 2.75) is 33.2 Å². The molecule has 2 aromatic rings. The van der Waals surface area contributed by atoms with Crippen molar-refractivity contribution in [1.82, 2.24) is 10.2 Å². The first kappa shape index (κ1) is 25.3. The molecule has 176 valence electrons. The third-order valence-electron chi connectivity index (χ3n) is 5.37. The van der Waals surface area contributed by atoms with Crippen LogP contribution in [0.4, 0.5) is 0 Å². The topological polar surface area (TPSA) is 69.3 Å². The molecule has 2 aromatic carbocycles. The van der Waals surface area contributed by atoms with Gasteiger partial charge in [0.1, 0.15) is 6.61 Å². The average Bonchev–Trinajstić information content (AvgIpc) is 2.84. The minimum Gasteiger partial charge on any atom is -0.493 e. The Morgan fingerprint density at radius 1 is 0.844 bits per heavy atom. The van der Waals surface area contributed by atoms with Gasteiger partial charge in [-0.2, -0.15) is 0 Å². The number of benzene rings is 2. The van der Waals surface area contributed by atoms with E-state index in [1.807, 2.05) is 36.4 Å². The van der Waals surface area contributed by atoms with Crippen LogP contribution < -0.4 is 24.3 Å². The van der Waals surface area contributed by atoms with E-state index in [0.717, 1.165) is 30.8 Å². The van der Waals surface area contributed by atoms with Crippen LogP contribution in [-0.4, -0.2) is 58.4 Å². The summed E-state index contributed by atoms with van der Waals surface area (Å²) in [4.78, 5) is 14.6. The van der Waals surface area contributed by atoms with Crippen molar-refractivity contribution in [3.63, 3.8) is 0 Å². The quantitative estimate of drug-likeness (QED) is 0.479. The van der Waals surface area contributed by atoms with Gasteiger partial charge in [-0.05, 0) is 54.9 Å². The smallest absolute Gasteiger partial charge is 0.220 e. The first-order valence-electron chi connectivity index (χ1n) is 11.0. The Balaban J connectivity index is 1.84. The molecule has 0 aliphatic heterocycles. The zero-order valence-electron chi connectivity index (χ0n) is 19.9. The molecule has 0 aliphatic carbocycles. The summed E-state index contributed by atoms with van der Waals surface area (Å²) in [5, 5.41) is 2.97. The number of methoxy groups -OCH3 is 3. The summed E-state index contributed by atoms with van der Waals surface area (Å²) in [6, 6.07) is 11.4. The number of likely N-dealkylation sites (N-methyl/N-ethyl adjacent to an activating group) is 1. The third-order valence-corrected chi connectivity index (χ3v) is 5.37. The molecule has 7 nitrogen and oxygen atoms in total. The third kappa shape index (κ3) is 7.64. The molecule has 32 heavy (non-hydrogen) atoms. The van der Waals surface area contributed by atoms with Crippen LogP contribution in [0, 0.1) is 0 Å². The molecule has 0 heterocycles. The van der Waals surface area contributed by atoms with Gasteiger partial charge >= 0.3 is 0 Å². The molecule has 0 spiro atoms. The van der Waals surface area contributed by atoms with Crippen LogP contribution in [0.1, 0.15) is 31.4 Å². The molecule has 0 aliphatic rings. The molecule has 0 saturated heterocycles. The molecule has 0 radical (unpaired) electrons. The molecule has 0 atom stereocenters. The Hall–Kier alpha value is -2.93. The largest absolute Gasteiger partial charge is 0.493 e. The van der Waals surface area contributed by atoms with E-state index in [0.29, 0.717) is 49.0 Å². The Morgan fingerprint density at radius 2 is 1.44 bits per heavy atom. The number of carbonyl (C=O) groups is 1. The molecule has 1 amide bonds. The van der Waals surface area contributed by atoms with Gasteiger partial charge in [0.15, 0.2) is 23.0 Å². The SMILES string of the molecule is CCN(CC)CCOc1ccc(CNC(=O)CCc2ccc(OC)c(OC)c2)cc1OC. The molecular weight excluding hydrogens is 408 g/mol. The number of rotatable bonds is 14. The van der Waals surface area contributed by atoms with E-state index in [9.17, 15) is 4.79 Å². The van der Waals surface area contributed by atoms with Crippen molar-refractivity contribution in [3.8, 4) is 23.0 Å². The van der Waals surface area contributed by atoms with Gasteiger partial charge in [0.25, 0.3) is 0 Å². The molecule has 7 heteroatoms. The highest BCUT2D eigenvalue weighted by molar-refractivity contribution is 5.76. The predicted molar refractivity (Wildman–Crippen MR) is 126 cm³/mol. The predicted octanol–water partition coefficient (Wildman–Crippen LogP) is 3.68. The Bertz CT molecular complexity index is 852. The summed E-state index contributed by atoms with van der Waals surface area (Å²) < 4.78 is 21.9. The van der Waals surface area contributed by atoms with E-state index in [1.54, 1.807) is 21.3 Å². The van der Waals surface area contributed by atoms with Crippen LogP contribution in [0.25, 0.3) is 0 Å². The lowest BCUT2D eigenvalue weighted by Gasteiger charge is -2.19. The molecule has 2 rings (SSSR count). The highest BCUT2D eigenvalue weighted by Gasteiger charge is 2.10. The molecular formula is C25H36N2O5. The summed E-state index contributed by atoms with van der Waals surface area (Å²) in [6.07, 6.45) is 1.01. The molecule has 0 bridgehead atoms. The normalized spacial score (nSPS) is 10.7. The molecule has 0 saturated carbocycles. The summed E-state index contributed by atoms with van der Waals surface area (Å²) in [7, 11) is 4.83. The Kier molecular flexibility index (Phi) is 10.7. The fourth-order valence-electron chi connectivity index (χ4n) is 3.35. The van der Waals surface area contributed by atoms with Gasteiger partial charge < -0.3 is 29.2 Å². The lowest BCUT2D eigenvalue weighted by molar-refractivity contribution is -0.121. The lowest BCUT2D eigenvalue weighted by Crippen LogP contribution is -2.28. The number of nitrogens with zero attached hydrogens (tertiary/aromatic N) is 1. The Labute approximate surface area is 191 Å². The van der Waals surface area contributed by atoms with Gasteiger partial charge in [-0.25, -0.2) is 0 Å². The van der Waals surface area contributed by atoms with E-state index < -0.39 is 0 Å². The monoisotopic (exact) mass is 444 g/mol. The van der Waals surface area contributed by atoms with E-state index in [1.165, 1.54) is 0 Å². The molecule has 1 N–H and O–H groups in total. The van der Waals surface area contributed by atoms with E-state index in [-0.39, 0.29) is 5.91 Å². The molecule has 0 aromatic heterocycles. The van der Waals surface area contributed by atoms with E-state index in [4.69, 9.17) is 18.9 Å². The van der Waals surface area contributed by atoms with Crippen molar-refractivity contribution in [1.29, 1.82) is 0 Å². The fraction of sp³-hybridized carbons (Fsp3) is 0.480. The van der Waals surface area contributed by atoms with E-state index >= 15 is 0 Å². The number of carbonyl (C=O) groups excluding carboxylic acids is 1. The maximum atomic E-state index is 12.3. The minimum atomic E-state index is -0.0155. The molecule has 0 fully saturated rings. The molecule has 0 unspecified atom stereocenters. The maximum Gasteiger partial charge on any atom is 0.220 e. The van der Waals surface area contributed by atoms with Gasteiger partial charge in [0.2, 0.25) is 5.91 Å². The van der Waals surface area contributed by atoms with Crippen molar-refractivity contribution >= 4 is 5.91 Å². The van der Waals surface area contributed by atoms with Gasteiger partial charge in [0, 0.05) is 19.5 Å². The fourth-order valence-corrected chi connectivity index (χ4v) is 3.35. The van der Waals surface area contributed by atoms with Crippen molar-refractivity contribution < 1.29 is 23.7 Å². The summed E-state index contributed by atoms with van der Waals surface area (Å²) in [5.74, 6) is 2.70. The zero-order chi connectivity index (χ0) is 23.3. The van der Waals surface area contributed by atoms with Crippen LogP contribution in [0.2, 0.25) is 0 Å². The van der Waals surface area contributed by atoms with Gasteiger partial charge in [-0.15, -0.1) is 0 Å².